The number of aliphatic hydroxyl groups is 2. The van der Waals surface area contributed by atoms with Crippen molar-refractivity contribution in [2.45, 2.75) is 71.0 Å². The number of likely N-dealkylation sites (tertiary alicyclic amines) is 2. The number of carbonyl (C=O) groups excluding carboxylic acids is 1. The summed E-state index contributed by atoms with van der Waals surface area (Å²) >= 11 is 0. The number of aryl methyl sites for hydroxylation is 1. The minimum atomic E-state index is -0.225. The average Bonchev–Trinajstić information content (AvgIpc) is 3.80. The molecule has 11 heteroatoms. The molecule has 0 saturated carbocycles. The van der Waals surface area contributed by atoms with Crippen LogP contribution in [0.2, 0.25) is 0 Å². The molecule has 0 spiro atoms. The number of ether oxygens (including phenoxy) is 4. The number of rotatable bonds is 18. The molecule has 0 bridgehead atoms. The molecule has 2 saturated heterocycles. The normalized spacial score (nSPS) is 21.8. The zero-order chi connectivity index (χ0) is 37.9. The fourth-order valence-electron chi connectivity index (χ4n) is 7.56. The van der Waals surface area contributed by atoms with E-state index in [9.17, 15) is 20.3 Å². The van der Waals surface area contributed by atoms with E-state index < -0.39 is 0 Å². The van der Waals surface area contributed by atoms with Crippen molar-refractivity contribution in [2.24, 2.45) is 10.9 Å². The summed E-state index contributed by atoms with van der Waals surface area (Å²) in [6.07, 6.45) is 11.7. The van der Waals surface area contributed by atoms with Gasteiger partial charge in [0.1, 0.15) is 29.6 Å². The van der Waals surface area contributed by atoms with Crippen LogP contribution < -0.4 is 18.9 Å². The van der Waals surface area contributed by atoms with Gasteiger partial charge in [0.15, 0.2) is 6.29 Å². The summed E-state index contributed by atoms with van der Waals surface area (Å²) < 4.78 is 25.1. The number of aldehydes is 1. The van der Waals surface area contributed by atoms with Crippen LogP contribution in [0.15, 0.2) is 64.3 Å². The fourth-order valence-corrected chi connectivity index (χ4v) is 7.56. The van der Waals surface area contributed by atoms with Gasteiger partial charge in [0.2, 0.25) is 0 Å². The van der Waals surface area contributed by atoms with Crippen LogP contribution in [0.3, 0.4) is 0 Å². The number of nitrogens with zero attached hydrogens (tertiary/aromatic N) is 4. The molecule has 1 aliphatic carbocycles. The number of hydrogen-bond donors (Lipinski definition) is 2. The molecule has 3 atom stereocenters. The Kier molecular flexibility index (Phi) is 14.0. The third-order valence-corrected chi connectivity index (χ3v) is 10.6. The number of aliphatic imine (C=N–C) groups is 1. The number of carbonyl (C=O) groups is 1. The number of aliphatic hydroxyl groups excluding tert-OH is 2. The second kappa shape index (κ2) is 19.2. The predicted octanol–water partition coefficient (Wildman–Crippen LogP) is 5.93. The Hall–Kier alpha value is -4.47. The molecule has 2 aromatic rings. The standard InChI is InChI=1S/C43H54N4O7/c1-30-16-36(27-48)43(53-28-33-17-32(22-44)23-45-24-33)21-42(30)54-29-34-6-3-7-41(31(34)2)35-18-39(51-14-4-10-46-12-8-37(49)25-46)20-40(19-35)52-15-5-11-47-13-9-38(50)26-47/h7,16,18-21,23-24,27,33,37-38,49-50H,3-6,8-15,17,25-26,28-29H2,1-2H3/t33?,37-,38-/m1/s1. The van der Waals surface area contributed by atoms with Crippen LogP contribution in [0.1, 0.15) is 73.4 Å². The van der Waals surface area contributed by atoms with Gasteiger partial charge in [-0.05, 0) is 105 Å². The quantitative estimate of drug-likeness (QED) is 0.140. The highest BCUT2D eigenvalue weighted by Gasteiger charge is 2.22. The first-order valence-corrected chi connectivity index (χ1v) is 19.4. The third-order valence-electron chi connectivity index (χ3n) is 10.6. The van der Waals surface area contributed by atoms with Crippen LogP contribution in [0.4, 0.5) is 0 Å². The molecule has 0 amide bonds. The van der Waals surface area contributed by atoms with Crippen molar-refractivity contribution in [3.8, 4) is 29.1 Å². The molecule has 3 aliphatic heterocycles. The maximum atomic E-state index is 11.9. The number of benzene rings is 2. The van der Waals surface area contributed by atoms with Gasteiger partial charge in [-0.25, -0.2) is 0 Å². The number of allylic oxidation sites excluding steroid dienone is 4. The van der Waals surface area contributed by atoms with Crippen molar-refractivity contribution in [1.82, 2.24) is 9.80 Å². The second-order valence-corrected chi connectivity index (χ2v) is 14.9. The van der Waals surface area contributed by atoms with Crippen LogP contribution >= 0.6 is 0 Å². The van der Waals surface area contributed by atoms with Crippen molar-refractivity contribution in [3.05, 3.63) is 76.0 Å². The lowest BCUT2D eigenvalue weighted by Gasteiger charge is -2.22. The van der Waals surface area contributed by atoms with E-state index in [1.165, 1.54) is 5.57 Å². The van der Waals surface area contributed by atoms with Crippen molar-refractivity contribution >= 4 is 18.1 Å². The molecule has 11 nitrogen and oxygen atoms in total. The van der Waals surface area contributed by atoms with E-state index in [-0.39, 0.29) is 18.1 Å². The first-order valence-electron chi connectivity index (χ1n) is 19.4. The molecule has 6 rings (SSSR count). The molecule has 54 heavy (non-hydrogen) atoms. The van der Waals surface area contributed by atoms with Gasteiger partial charge in [-0.15, -0.1) is 0 Å². The number of β-amino-alcohol motifs (C(OH)–C–C–N with tert-alkyl or cyclic N) is 2. The zero-order valence-corrected chi connectivity index (χ0v) is 31.7. The maximum absolute atomic E-state index is 11.9. The molecule has 2 fully saturated rings. The van der Waals surface area contributed by atoms with E-state index in [0.29, 0.717) is 55.5 Å². The van der Waals surface area contributed by atoms with Crippen molar-refractivity contribution < 1.29 is 34.0 Å². The Morgan fingerprint density at radius 1 is 0.907 bits per heavy atom. The van der Waals surface area contributed by atoms with Crippen molar-refractivity contribution in [1.29, 1.82) is 5.26 Å². The SMILES string of the molecule is CC1=C(COc2cc(OCC3C=NC=C(C#N)C3)c(C=O)cc2C)CCC=C1c1cc(OCCCN2CC[C@@H](O)C2)cc(OCCCN2CC[C@@H](O)C2)c1. The Morgan fingerprint density at radius 2 is 1.59 bits per heavy atom. The highest BCUT2D eigenvalue weighted by atomic mass is 16.5. The molecule has 2 N–H and O–H groups in total. The van der Waals surface area contributed by atoms with E-state index in [1.807, 2.05) is 13.0 Å². The van der Waals surface area contributed by atoms with Crippen molar-refractivity contribution in [3.63, 3.8) is 0 Å². The maximum Gasteiger partial charge on any atom is 0.153 e. The van der Waals surface area contributed by atoms with Crippen LogP contribution in [0.5, 0.6) is 23.0 Å². The third kappa shape index (κ3) is 10.8. The topological polar surface area (TPSA) is 137 Å². The summed E-state index contributed by atoms with van der Waals surface area (Å²) in [5.41, 5.74) is 6.41. The van der Waals surface area contributed by atoms with Crippen LogP contribution in [0.25, 0.3) is 5.57 Å². The molecule has 1 unspecified atom stereocenters. The van der Waals surface area contributed by atoms with E-state index in [0.717, 1.165) is 118 Å². The van der Waals surface area contributed by atoms with Gasteiger partial charge in [0.05, 0.1) is 43.7 Å². The first kappa shape index (κ1) is 39.2. The highest BCUT2D eigenvalue weighted by Crippen LogP contribution is 2.37. The van der Waals surface area contributed by atoms with Gasteiger partial charge in [-0.1, -0.05) is 6.08 Å². The predicted molar refractivity (Wildman–Crippen MR) is 209 cm³/mol. The summed E-state index contributed by atoms with van der Waals surface area (Å²) in [6.45, 7) is 11.0. The van der Waals surface area contributed by atoms with Gasteiger partial charge >= 0.3 is 0 Å². The molecule has 3 heterocycles. The van der Waals surface area contributed by atoms with Gasteiger partial charge < -0.3 is 39.0 Å². The van der Waals surface area contributed by atoms with E-state index in [2.05, 4.69) is 46.0 Å². The molecule has 2 aromatic carbocycles. The Labute approximate surface area is 319 Å². The monoisotopic (exact) mass is 738 g/mol. The molecule has 288 valence electrons. The summed E-state index contributed by atoms with van der Waals surface area (Å²) in [6, 6.07) is 11.9. The summed E-state index contributed by atoms with van der Waals surface area (Å²) in [7, 11) is 0. The number of hydrogen-bond acceptors (Lipinski definition) is 11. The zero-order valence-electron chi connectivity index (χ0n) is 31.7. The lowest BCUT2D eigenvalue weighted by atomic mass is 9.88. The molecule has 0 radical (unpaired) electrons. The molecule has 4 aliphatic rings. The Balaban J connectivity index is 1.12. The molecular formula is C43H54N4O7. The Morgan fingerprint density at radius 3 is 2.20 bits per heavy atom. The first-order chi connectivity index (χ1) is 26.3. The molecule has 0 aromatic heterocycles. The van der Waals surface area contributed by atoms with Crippen LogP contribution in [0, 0.1) is 24.2 Å². The summed E-state index contributed by atoms with van der Waals surface area (Å²) in [5, 5.41) is 29.0. The van der Waals surface area contributed by atoms with Crippen LogP contribution in [-0.4, -0.2) is 110 Å². The smallest absolute Gasteiger partial charge is 0.153 e. The molecular weight excluding hydrogens is 684 g/mol. The van der Waals surface area contributed by atoms with E-state index >= 15 is 0 Å². The lowest BCUT2D eigenvalue weighted by molar-refractivity contribution is 0.111. The summed E-state index contributed by atoms with van der Waals surface area (Å²) in [4.78, 5) is 20.7. The van der Waals surface area contributed by atoms with Gasteiger partial charge in [0, 0.05) is 75.3 Å². The average molecular weight is 739 g/mol. The highest BCUT2D eigenvalue weighted by molar-refractivity contribution is 5.82. The lowest BCUT2D eigenvalue weighted by Crippen LogP contribution is -2.24. The van der Waals surface area contributed by atoms with Gasteiger partial charge in [0.25, 0.3) is 0 Å². The van der Waals surface area contributed by atoms with Crippen LogP contribution in [-0.2, 0) is 0 Å². The van der Waals surface area contributed by atoms with Gasteiger partial charge in [-0.2, -0.15) is 5.26 Å². The van der Waals surface area contributed by atoms with Crippen molar-refractivity contribution in [2.75, 3.05) is 65.7 Å². The van der Waals surface area contributed by atoms with Gasteiger partial charge in [-0.3, -0.25) is 9.79 Å². The van der Waals surface area contributed by atoms with E-state index in [1.54, 1.807) is 24.5 Å². The minimum absolute atomic E-state index is 0.0558. The minimum Gasteiger partial charge on any atom is -0.493 e. The largest absolute Gasteiger partial charge is 0.493 e. The Bertz CT molecular complexity index is 1750. The summed E-state index contributed by atoms with van der Waals surface area (Å²) in [5.74, 6) is 2.57. The fraction of sp³-hybridized carbons (Fsp3) is 0.512. The number of nitriles is 1. The second-order valence-electron chi connectivity index (χ2n) is 14.9. The van der Waals surface area contributed by atoms with E-state index in [4.69, 9.17) is 18.9 Å².